The molecule has 1 rings (SSSR count). The molecule has 6 heteroatoms. The highest BCUT2D eigenvalue weighted by Crippen LogP contribution is 2.34. The lowest BCUT2D eigenvalue weighted by molar-refractivity contribution is -0.207. The number of benzene rings is 1. The Balaban J connectivity index is 3.12. The van der Waals surface area contributed by atoms with E-state index in [9.17, 15) is 17.6 Å². The van der Waals surface area contributed by atoms with E-state index < -0.39 is 23.7 Å². The molecule has 0 saturated heterocycles. The van der Waals surface area contributed by atoms with Gasteiger partial charge >= 0.3 is 6.18 Å². The first-order chi connectivity index (χ1) is 6.32. The van der Waals surface area contributed by atoms with Gasteiger partial charge in [0.25, 0.3) is 0 Å². The topological polar surface area (TPSA) is 20.2 Å². The van der Waals surface area contributed by atoms with E-state index in [4.69, 9.17) is 16.7 Å². The van der Waals surface area contributed by atoms with Gasteiger partial charge in [-0.25, -0.2) is 4.39 Å². The van der Waals surface area contributed by atoms with Gasteiger partial charge in [-0.1, -0.05) is 11.6 Å². The van der Waals surface area contributed by atoms with Crippen molar-refractivity contribution in [2.75, 3.05) is 0 Å². The van der Waals surface area contributed by atoms with Crippen molar-refractivity contribution >= 4 is 11.6 Å². The summed E-state index contributed by atoms with van der Waals surface area (Å²) in [5.74, 6) is -1.14. The number of hydrogen-bond donors (Lipinski definition) is 1. The molecule has 0 amide bonds. The zero-order valence-corrected chi connectivity index (χ0v) is 7.40. The maximum absolute atomic E-state index is 12.8. The summed E-state index contributed by atoms with van der Waals surface area (Å²) in [4.78, 5) is 0. The fourth-order valence-corrected chi connectivity index (χ4v) is 1.08. The van der Waals surface area contributed by atoms with Crippen LogP contribution in [0, 0.1) is 5.82 Å². The number of aliphatic hydroxyl groups is 1. The molecule has 1 aromatic carbocycles. The van der Waals surface area contributed by atoms with E-state index in [-0.39, 0.29) is 5.02 Å². The highest BCUT2D eigenvalue weighted by molar-refractivity contribution is 6.30. The average molecular weight is 229 g/mol. The molecule has 0 fully saturated rings. The van der Waals surface area contributed by atoms with E-state index in [0.29, 0.717) is 0 Å². The predicted molar refractivity (Wildman–Crippen MR) is 42.4 cm³/mol. The summed E-state index contributed by atoms with van der Waals surface area (Å²) in [7, 11) is 0. The molecule has 1 unspecified atom stereocenters. The van der Waals surface area contributed by atoms with Crippen LogP contribution in [0.4, 0.5) is 17.6 Å². The highest BCUT2D eigenvalue weighted by atomic mass is 35.5. The normalized spacial score (nSPS) is 14.1. The fourth-order valence-electron chi connectivity index (χ4n) is 0.900. The van der Waals surface area contributed by atoms with Gasteiger partial charge in [0.15, 0.2) is 6.10 Å². The number of halogens is 5. The third-order valence-electron chi connectivity index (χ3n) is 1.56. The van der Waals surface area contributed by atoms with Gasteiger partial charge < -0.3 is 5.11 Å². The summed E-state index contributed by atoms with van der Waals surface area (Å²) < 4.78 is 48.8. The maximum atomic E-state index is 12.8. The molecule has 14 heavy (non-hydrogen) atoms. The van der Waals surface area contributed by atoms with Gasteiger partial charge in [-0.15, -0.1) is 0 Å². The minimum absolute atomic E-state index is 0.0651. The molecule has 0 aliphatic carbocycles. The third kappa shape index (κ3) is 2.36. The first kappa shape index (κ1) is 11.3. The molecule has 0 heterocycles. The van der Waals surface area contributed by atoms with Gasteiger partial charge in [0.1, 0.15) is 5.82 Å². The minimum Gasteiger partial charge on any atom is -0.379 e. The molecule has 1 atom stereocenters. The zero-order chi connectivity index (χ0) is 10.9. The van der Waals surface area contributed by atoms with Crippen LogP contribution in [0.15, 0.2) is 18.2 Å². The second-order valence-corrected chi connectivity index (χ2v) is 3.05. The summed E-state index contributed by atoms with van der Waals surface area (Å²) in [5, 5.41) is 8.67. The van der Waals surface area contributed by atoms with Crippen molar-refractivity contribution in [3.05, 3.63) is 34.6 Å². The minimum atomic E-state index is -4.90. The van der Waals surface area contributed by atoms with Crippen LogP contribution in [0.2, 0.25) is 5.02 Å². The van der Waals surface area contributed by atoms with Crippen LogP contribution in [-0.2, 0) is 0 Å². The molecular formula is C8H5ClF4O. The Bertz CT molecular complexity index is 337. The van der Waals surface area contributed by atoms with Crippen molar-refractivity contribution in [1.29, 1.82) is 0 Å². The number of rotatable bonds is 1. The van der Waals surface area contributed by atoms with Crippen molar-refractivity contribution in [2.24, 2.45) is 0 Å². The quantitative estimate of drug-likeness (QED) is 0.733. The van der Waals surface area contributed by atoms with Gasteiger partial charge in [0.05, 0.1) is 0 Å². The van der Waals surface area contributed by atoms with Crippen LogP contribution in [0.25, 0.3) is 0 Å². The van der Waals surface area contributed by atoms with Crippen LogP contribution in [0.3, 0.4) is 0 Å². The summed E-state index contributed by atoms with van der Waals surface area (Å²) in [5.41, 5.74) is -0.870. The monoisotopic (exact) mass is 228 g/mol. The van der Waals surface area contributed by atoms with Gasteiger partial charge in [-0.2, -0.15) is 13.2 Å². The first-order valence-corrected chi connectivity index (χ1v) is 3.90. The van der Waals surface area contributed by atoms with Crippen LogP contribution in [0.5, 0.6) is 0 Å². The van der Waals surface area contributed by atoms with E-state index >= 15 is 0 Å². The molecule has 0 aliphatic heterocycles. The summed E-state index contributed by atoms with van der Waals surface area (Å²) >= 11 is 5.37. The molecule has 1 aromatic rings. The molecule has 0 aliphatic rings. The number of aliphatic hydroxyl groups excluding tert-OH is 1. The summed E-state index contributed by atoms with van der Waals surface area (Å²) in [6, 6.07) is 2.62. The molecule has 0 aromatic heterocycles. The molecule has 78 valence electrons. The largest absolute Gasteiger partial charge is 0.418 e. The van der Waals surface area contributed by atoms with Gasteiger partial charge in [0, 0.05) is 10.6 Å². The Morgan fingerprint density at radius 1 is 1.29 bits per heavy atom. The molecule has 1 N–H and O–H groups in total. The van der Waals surface area contributed by atoms with Gasteiger partial charge in [-0.05, 0) is 18.2 Å². The number of alkyl halides is 3. The van der Waals surface area contributed by atoms with E-state index in [0.717, 1.165) is 18.2 Å². The fraction of sp³-hybridized carbons (Fsp3) is 0.250. The lowest BCUT2D eigenvalue weighted by Gasteiger charge is -2.15. The van der Waals surface area contributed by atoms with E-state index in [1.54, 1.807) is 0 Å². The van der Waals surface area contributed by atoms with E-state index in [1.165, 1.54) is 0 Å². The van der Waals surface area contributed by atoms with Crippen LogP contribution < -0.4 is 0 Å². The molecule has 0 radical (unpaired) electrons. The molecule has 0 bridgehead atoms. The molecular weight excluding hydrogens is 224 g/mol. The Kier molecular flexibility index (Phi) is 3.01. The second kappa shape index (κ2) is 3.74. The van der Waals surface area contributed by atoms with Crippen molar-refractivity contribution in [3.8, 4) is 0 Å². The maximum Gasteiger partial charge on any atom is 0.418 e. The van der Waals surface area contributed by atoms with Crippen molar-refractivity contribution in [2.45, 2.75) is 12.3 Å². The molecule has 0 spiro atoms. The summed E-state index contributed by atoms with van der Waals surface area (Å²) in [6.07, 6.45) is -7.74. The smallest absolute Gasteiger partial charge is 0.379 e. The van der Waals surface area contributed by atoms with E-state index in [2.05, 4.69) is 0 Å². The standard InChI is InChI=1S/C8H5ClF4O/c9-4-1-2-6(10)5(3-4)7(14)8(11,12)13/h1-3,7,14H. The second-order valence-electron chi connectivity index (χ2n) is 2.61. The third-order valence-corrected chi connectivity index (χ3v) is 1.80. The summed E-state index contributed by atoms with van der Waals surface area (Å²) in [6.45, 7) is 0. The van der Waals surface area contributed by atoms with Crippen molar-refractivity contribution in [3.63, 3.8) is 0 Å². The first-order valence-electron chi connectivity index (χ1n) is 3.52. The predicted octanol–water partition coefficient (Wildman–Crippen LogP) is 3.07. The van der Waals surface area contributed by atoms with Crippen molar-refractivity contribution in [1.82, 2.24) is 0 Å². The Morgan fingerprint density at radius 3 is 2.36 bits per heavy atom. The zero-order valence-electron chi connectivity index (χ0n) is 6.65. The van der Waals surface area contributed by atoms with Crippen LogP contribution in [-0.4, -0.2) is 11.3 Å². The average Bonchev–Trinajstić information content (AvgIpc) is 2.06. The Labute approximate surface area is 81.9 Å². The van der Waals surface area contributed by atoms with Crippen LogP contribution in [0.1, 0.15) is 11.7 Å². The lowest BCUT2D eigenvalue weighted by atomic mass is 10.1. The lowest BCUT2D eigenvalue weighted by Crippen LogP contribution is -2.21. The number of hydrogen-bond acceptors (Lipinski definition) is 1. The van der Waals surface area contributed by atoms with Crippen molar-refractivity contribution < 1.29 is 22.7 Å². The van der Waals surface area contributed by atoms with Gasteiger partial charge in [0.2, 0.25) is 0 Å². The molecule has 0 saturated carbocycles. The van der Waals surface area contributed by atoms with Gasteiger partial charge in [-0.3, -0.25) is 0 Å². The van der Waals surface area contributed by atoms with Crippen LogP contribution >= 0.6 is 11.6 Å². The Hall–Kier alpha value is -0.810. The van der Waals surface area contributed by atoms with E-state index in [1.807, 2.05) is 0 Å². The Morgan fingerprint density at radius 2 is 1.86 bits per heavy atom. The highest BCUT2D eigenvalue weighted by Gasteiger charge is 2.40. The molecule has 1 nitrogen and oxygen atoms in total. The SMILES string of the molecule is OC(c1cc(Cl)ccc1F)C(F)(F)F.